The average molecular weight is 349 g/mol. The summed E-state index contributed by atoms with van der Waals surface area (Å²) in [6, 6.07) is 13.8. The molecule has 0 aliphatic carbocycles. The average Bonchev–Trinajstić information content (AvgIpc) is 2.88. The van der Waals surface area contributed by atoms with E-state index in [1.54, 1.807) is 18.2 Å². The van der Waals surface area contributed by atoms with Crippen LogP contribution in [0.5, 0.6) is 0 Å². The number of benzene rings is 2. The molecule has 3 rings (SSSR count). The number of allylic oxidation sites excluding steroid dienone is 4. The third kappa shape index (κ3) is 3.80. The summed E-state index contributed by atoms with van der Waals surface area (Å²) in [5, 5.41) is 0. The SMILES string of the molecule is COC(=O)C(c1ccc(C2=CCC=C(C)N=C2)cc1)c1ccccc1F. The van der Waals surface area contributed by atoms with Crippen molar-refractivity contribution < 1.29 is 13.9 Å². The molecule has 1 heterocycles. The van der Waals surface area contributed by atoms with Gasteiger partial charge >= 0.3 is 5.97 Å². The van der Waals surface area contributed by atoms with Crippen LogP contribution in [0, 0.1) is 5.82 Å². The molecular weight excluding hydrogens is 329 g/mol. The molecule has 0 bridgehead atoms. The molecule has 132 valence electrons. The Balaban J connectivity index is 1.95. The van der Waals surface area contributed by atoms with Crippen molar-refractivity contribution in [3.63, 3.8) is 0 Å². The van der Waals surface area contributed by atoms with Gasteiger partial charge in [-0.2, -0.15) is 0 Å². The zero-order chi connectivity index (χ0) is 18.5. The highest BCUT2D eigenvalue weighted by Crippen LogP contribution is 2.29. The van der Waals surface area contributed by atoms with Crippen molar-refractivity contribution in [1.29, 1.82) is 0 Å². The maximum Gasteiger partial charge on any atom is 0.317 e. The van der Waals surface area contributed by atoms with Gasteiger partial charge in [0.25, 0.3) is 0 Å². The lowest BCUT2D eigenvalue weighted by Gasteiger charge is -2.17. The number of ether oxygens (including phenoxy) is 1. The molecule has 0 saturated heterocycles. The maximum atomic E-state index is 14.2. The second-order valence-corrected chi connectivity index (χ2v) is 6.10. The predicted octanol–water partition coefficient (Wildman–Crippen LogP) is 4.89. The lowest BCUT2D eigenvalue weighted by Crippen LogP contribution is -2.17. The first-order valence-electron chi connectivity index (χ1n) is 8.43. The molecule has 2 aromatic carbocycles. The Labute approximate surface area is 152 Å². The molecule has 1 aliphatic rings. The fourth-order valence-corrected chi connectivity index (χ4v) is 2.96. The van der Waals surface area contributed by atoms with Crippen LogP contribution in [-0.4, -0.2) is 19.3 Å². The highest BCUT2D eigenvalue weighted by Gasteiger charge is 2.26. The molecule has 3 nitrogen and oxygen atoms in total. The van der Waals surface area contributed by atoms with E-state index < -0.39 is 17.7 Å². The van der Waals surface area contributed by atoms with E-state index in [-0.39, 0.29) is 0 Å². The number of aliphatic imine (C=N–C) groups is 1. The van der Waals surface area contributed by atoms with Crippen molar-refractivity contribution in [3.05, 3.63) is 88.9 Å². The number of halogens is 1. The number of rotatable bonds is 4. The Morgan fingerprint density at radius 2 is 1.85 bits per heavy atom. The van der Waals surface area contributed by atoms with Crippen molar-refractivity contribution >= 4 is 17.8 Å². The topological polar surface area (TPSA) is 38.7 Å². The molecule has 4 heteroatoms. The molecule has 2 aromatic rings. The summed E-state index contributed by atoms with van der Waals surface area (Å²) < 4.78 is 19.1. The summed E-state index contributed by atoms with van der Waals surface area (Å²) >= 11 is 0. The highest BCUT2D eigenvalue weighted by molar-refractivity contribution is 6.10. The minimum Gasteiger partial charge on any atom is -0.468 e. The first kappa shape index (κ1) is 17.8. The summed E-state index contributed by atoms with van der Waals surface area (Å²) in [7, 11) is 1.31. The van der Waals surface area contributed by atoms with Gasteiger partial charge in [0.05, 0.1) is 7.11 Å². The van der Waals surface area contributed by atoms with E-state index >= 15 is 0 Å². The number of hydrogen-bond donors (Lipinski definition) is 0. The van der Waals surface area contributed by atoms with E-state index in [1.807, 2.05) is 37.4 Å². The fourth-order valence-electron chi connectivity index (χ4n) is 2.96. The van der Waals surface area contributed by atoms with Crippen molar-refractivity contribution in [2.75, 3.05) is 7.11 Å². The van der Waals surface area contributed by atoms with Gasteiger partial charge in [-0.25, -0.2) is 4.39 Å². The Bertz CT molecular complexity index is 895. The van der Waals surface area contributed by atoms with Crippen LogP contribution in [0.1, 0.15) is 36.0 Å². The molecular formula is C22H20FNO2. The van der Waals surface area contributed by atoms with Gasteiger partial charge in [0.15, 0.2) is 0 Å². The molecule has 0 spiro atoms. The number of carbonyl (C=O) groups is 1. The Hall–Kier alpha value is -3.01. The van der Waals surface area contributed by atoms with Crippen LogP contribution in [0.3, 0.4) is 0 Å². The molecule has 1 aliphatic heterocycles. The van der Waals surface area contributed by atoms with Crippen LogP contribution >= 0.6 is 0 Å². The zero-order valence-electron chi connectivity index (χ0n) is 14.8. The van der Waals surface area contributed by atoms with Crippen molar-refractivity contribution in [2.45, 2.75) is 19.3 Å². The molecule has 0 radical (unpaired) electrons. The second-order valence-electron chi connectivity index (χ2n) is 6.10. The number of nitrogens with zero attached hydrogens (tertiary/aromatic N) is 1. The van der Waals surface area contributed by atoms with E-state index in [0.717, 1.165) is 23.3 Å². The zero-order valence-corrected chi connectivity index (χ0v) is 14.8. The van der Waals surface area contributed by atoms with E-state index in [0.29, 0.717) is 11.1 Å². The molecule has 0 aromatic heterocycles. The number of methoxy groups -OCH3 is 1. The standard InChI is InChI=1S/C22H20FNO2/c1-15-6-5-7-18(14-24-15)16-10-12-17(13-11-16)21(22(25)26-2)19-8-3-4-9-20(19)23/h3-4,6-14,21H,5H2,1-2H3. The Morgan fingerprint density at radius 1 is 1.12 bits per heavy atom. The minimum atomic E-state index is -0.795. The predicted molar refractivity (Wildman–Crippen MR) is 102 cm³/mol. The number of esters is 1. The molecule has 0 fully saturated rings. The van der Waals surface area contributed by atoms with Crippen LogP contribution in [0.25, 0.3) is 5.57 Å². The van der Waals surface area contributed by atoms with Gasteiger partial charge in [-0.1, -0.05) is 54.6 Å². The summed E-state index contributed by atoms with van der Waals surface area (Å²) in [6.07, 6.45) is 6.82. The summed E-state index contributed by atoms with van der Waals surface area (Å²) in [4.78, 5) is 16.7. The molecule has 1 atom stereocenters. The third-order valence-electron chi connectivity index (χ3n) is 4.39. The number of carbonyl (C=O) groups excluding carboxylic acids is 1. The van der Waals surface area contributed by atoms with Crippen molar-refractivity contribution in [3.8, 4) is 0 Å². The summed E-state index contributed by atoms with van der Waals surface area (Å²) in [6.45, 7) is 1.96. The summed E-state index contributed by atoms with van der Waals surface area (Å²) in [5.41, 5.74) is 3.99. The van der Waals surface area contributed by atoms with Gasteiger partial charge < -0.3 is 4.74 Å². The van der Waals surface area contributed by atoms with Crippen LogP contribution in [0.4, 0.5) is 4.39 Å². The maximum absolute atomic E-state index is 14.2. The van der Waals surface area contributed by atoms with Gasteiger partial charge in [-0.05, 0) is 36.1 Å². The molecule has 0 N–H and O–H groups in total. The van der Waals surface area contributed by atoms with Crippen molar-refractivity contribution in [2.24, 2.45) is 4.99 Å². The quantitative estimate of drug-likeness (QED) is 0.737. The van der Waals surface area contributed by atoms with Crippen LogP contribution in [0.15, 0.2) is 71.4 Å². The third-order valence-corrected chi connectivity index (χ3v) is 4.39. The lowest BCUT2D eigenvalue weighted by atomic mass is 9.89. The Kier molecular flexibility index (Phi) is 5.42. The first-order valence-corrected chi connectivity index (χ1v) is 8.43. The molecule has 26 heavy (non-hydrogen) atoms. The van der Waals surface area contributed by atoms with E-state index in [9.17, 15) is 9.18 Å². The van der Waals surface area contributed by atoms with Crippen LogP contribution < -0.4 is 0 Å². The normalized spacial score (nSPS) is 14.9. The van der Waals surface area contributed by atoms with Crippen LogP contribution in [0.2, 0.25) is 0 Å². The van der Waals surface area contributed by atoms with Crippen LogP contribution in [-0.2, 0) is 9.53 Å². The Morgan fingerprint density at radius 3 is 2.54 bits per heavy atom. The number of hydrogen-bond acceptors (Lipinski definition) is 3. The first-order chi connectivity index (χ1) is 12.6. The smallest absolute Gasteiger partial charge is 0.317 e. The fraction of sp³-hybridized carbons (Fsp3) is 0.182. The van der Waals surface area contributed by atoms with E-state index in [4.69, 9.17) is 4.74 Å². The van der Waals surface area contributed by atoms with Crippen molar-refractivity contribution in [1.82, 2.24) is 0 Å². The van der Waals surface area contributed by atoms with E-state index in [1.165, 1.54) is 13.2 Å². The molecule has 1 unspecified atom stereocenters. The largest absolute Gasteiger partial charge is 0.468 e. The second kappa shape index (κ2) is 7.91. The van der Waals surface area contributed by atoms with E-state index in [2.05, 4.69) is 17.1 Å². The van der Waals surface area contributed by atoms with Gasteiger partial charge in [-0.15, -0.1) is 0 Å². The van der Waals surface area contributed by atoms with Gasteiger partial charge in [0, 0.05) is 17.5 Å². The molecule has 0 amide bonds. The van der Waals surface area contributed by atoms with Gasteiger partial charge in [0.2, 0.25) is 0 Å². The highest BCUT2D eigenvalue weighted by atomic mass is 19.1. The van der Waals surface area contributed by atoms with Gasteiger partial charge in [-0.3, -0.25) is 9.79 Å². The molecule has 0 saturated carbocycles. The minimum absolute atomic E-state index is 0.308. The lowest BCUT2D eigenvalue weighted by molar-refractivity contribution is -0.141. The monoisotopic (exact) mass is 349 g/mol. The van der Waals surface area contributed by atoms with Gasteiger partial charge in [0.1, 0.15) is 11.7 Å². The summed E-state index contributed by atoms with van der Waals surface area (Å²) in [5.74, 6) is -1.71.